The molecular weight excluding hydrogens is 297 g/mol. The van der Waals surface area contributed by atoms with Gasteiger partial charge in [-0.3, -0.25) is 0 Å². The largest absolute Gasteiger partial charge is 0.547 e. The number of rotatable bonds is 3. The van der Waals surface area contributed by atoms with Gasteiger partial charge in [-0.1, -0.05) is 43.7 Å². The molecule has 1 radical (unpaired) electrons. The quantitative estimate of drug-likeness (QED) is 0.779. The van der Waals surface area contributed by atoms with Crippen LogP contribution in [-0.4, -0.2) is 0 Å². The Hall–Kier alpha value is -0.656. The van der Waals surface area contributed by atoms with Gasteiger partial charge < -0.3 is 4.74 Å². The Bertz CT molecular complexity index is 503. The molecule has 0 amide bonds. The number of aryl methyl sites for hydroxylation is 3. The summed E-state index contributed by atoms with van der Waals surface area (Å²) in [5, 5.41) is 0. The van der Waals surface area contributed by atoms with E-state index in [-0.39, 0.29) is 32.7 Å². The summed E-state index contributed by atoms with van der Waals surface area (Å²) in [6.07, 6.45) is 0. The topological polar surface area (TPSA) is 9.23 Å². The SMILES string of the molecule is Cc1ccc(COc2c[c-]c(C)c(C)c2)cc1.[Y]. The van der Waals surface area contributed by atoms with Crippen molar-refractivity contribution in [2.75, 3.05) is 0 Å². The molecule has 0 N–H and O–H groups in total. The molecule has 0 aliphatic heterocycles. The Morgan fingerprint density at radius 3 is 2.33 bits per heavy atom. The second-order valence-electron chi connectivity index (χ2n) is 4.42. The van der Waals surface area contributed by atoms with E-state index in [1.54, 1.807) is 0 Å². The summed E-state index contributed by atoms with van der Waals surface area (Å²) in [6.45, 7) is 6.82. The first kappa shape index (κ1) is 15.4. The van der Waals surface area contributed by atoms with Gasteiger partial charge in [0.25, 0.3) is 0 Å². The van der Waals surface area contributed by atoms with Gasteiger partial charge in [0.05, 0.1) is 6.61 Å². The summed E-state index contributed by atoms with van der Waals surface area (Å²) < 4.78 is 5.74. The molecular formula is C16H17OY-. The molecule has 2 aromatic rings. The van der Waals surface area contributed by atoms with Gasteiger partial charge in [0.1, 0.15) is 0 Å². The molecule has 18 heavy (non-hydrogen) atoms. The van der Waals surface area contributed by atoms with E-state index in [0.717, 1.165) is 5.75 Å². The number of ether oxygens (including phenoxy) is 1. The van der Waals surface area contributed by atoms with Crippen molar-refractivity contribution < 1.29 is 37.4 Å². The summed E-state index contributed by atoms with van der Waals surface area (Å²) in [4.78, 5) is 0. The maximum absolute atomic E-state index is 5.74. The molecule has 91 valence electrons. The molecule has 0 aromatic heterocycles. The van der Waals surface area contributed by atoms with Gasteiger partial charge in [0.2, 0.25) is 0 Å². The predicted octanol–water partition coefficient (Wildman–Crippen LogP) is 3.99. The molecule has 2 aromatic carbocycles. The molecule has 0 heterocycles. The molecule has 2 heteroatoms. The van der Waals surface area contributed by atoms with Crippen LogP contribution in [0.15, 0.2) is 36.4 Å². The number of hydrogen-bond donors (Lipinski definition) is 0. The molecule has 2 rings (SSSR count). The summed E-state index contributed by atoms with van der Waals surface area (Å²) in [7, 11) is 0. The van der Waals surface area contributed by atoms with Gasteiger partial charge in [-0.2, -0.15) is 17.2 Å². The normalized spacial score (nSPS) is 9.72. The zero-order valence-electron chi connectivity index (χ0n) is 11.2. The zero-order chi connectivity index (χ0) is 12.3. The summed E-state index contributed by atoms with van der Waals surface area (Å²) in [5.74, 6) is 0.883. The smallest absolute Gasteiger partial charge is 0.0968 e. The second-order valence-corrected chi connectivity index (χ2v) is 4.42. The van der Waals surface area contributed by atoms with E-state index < -0.39 is 0 Å². The number of hydrogen-bond acceptors (Lipinski definition) is 1. The average molecular weight is 314 g/mol. The van der Waals surface area contributed by atoms with Crippen molar-refractivity contribution in [2.45, 2.75) is 27.4 Å². The maximum Gasteiger partial charge on any atom is 0.0968 e. The molecule has 1 nitrogen and oxygen atoms in total. The van der Waals surface area contributed by atoms with Crippen molar-refractivity contribution in [1.82, 2.24) is 0 Å². The zero-order valence-corrected chi connectivity index (χ0v) is 14.0. The molecule has 0 saturated carbocycles. The van der Waals surface area contributed by atoms with Crippen LogP contribution in [0.25, 0.3) is 0 Å². The molecule has 0 spiro atoms. The standard InChI is InChI=1S/C16H17O.Y/c1-12-4-7-15(8-5-12)11-17-16-9-6-13(2)14(3)10-16;/h4-5,7-10H,11H2,1-3H3;/q-1;. The fourth-order valence-corrected chi connectivity index (χ4v) is 1.59. The fourth-order valence-electron chi connectivity index (χ4n) is 1.59. The molecule has 0 fully saturated rings. The van der Waals surface area contributed by atoms with E-state index in [4.69, 9.17) is 4.74 Å². The molecule has 0 aliphatic rings. The number of benzene rings is 2. The summed E-state index contributed by atoms with van der Waals surface area (Å²) in [6, 6.07) is 15.5. The Kier molecular flexibility index (Phi) is 6.04. The third kappa shape index (κ3) is 4.22. The van der Waals surface area contributed by atoms with Crippen LogP contribution in [0.3, 0.4) is 0 Å². The first-order valence-corrected chi connectivity index (χ1v) is 5.82. The van der Waals surface area contributed by atoms with Crippen LogP contribution in [0.5, 0.6) is 5.75 Å². The van der Waals surface area contributed by atoms with Crippen LogP contribution in [-0.2, 0) is 39.3 Å². The van der Waals surface area contributed by atoms with Crippen molar-refractivity contribution >= 4 is 0 Å². The Labute approximate surface area is 134 Å². The van der Waals surface area contributed by atoms with Gasteiger partial charge >= 0.3 is 0 Å². The Morgan fingerprint density at radius 2 is 1.72 bits per heavy atom. The van der Waals surface area contributed by atoms with Crippen LogP contribution >= 0.6 is 0 Å². The molecule has 0 aliphatic carbocycles. The van der Waals surface area contributed by atoms with E-state index in [0.29, 0.717) is 6.61 Å². The average Bonchev–Trinajstić information content (AvgIpc) is 2.33. The molecule has 0 bridgehead atoms. The predicted molar refractivity (Wildman–Crippen MR) is 70.3 cm³/mol. The van der Waals surface area contributed by atoms with E-state index in [9.17, 15) is 0 Å². The van der Waals surface area contributed by atoms with Crippen molar-refractivity contribution in [1.29, 1.82) is 0 Å². The molecule has 0 unspecified atom stereocenters. The van der Waals surface area contributed by atoms with Crippen LogP contribution < -0.4 is 4.74 Å². The van der Waals surface area contributed by atoms with E-state index >= 15 is 0 Å². The van der Waals surface area contributed by atoms with Gasteiger partial charge in [-0.15, -0.1) is 12.1 Å². The third-order valence-corrected chi connectivity index (χ3v) is 2.91. The van der Waals surface area contributed by atoms with E-state index in [1.807, 2.05) is 6.07 Å². The maximum atomic E-state index is 5.74. The minimum absolute atomic E-state index is 0. The van der Waals surface area contributed by atoms with Crippen molar-refractivity contribution in [2.24, 2.45) is 0 Å². The first-order chi connectivity index (χ1) is 8.15. The van der Waals surface area contributed by atoms with Crippen molar-refractivity contribution in [3.63, 3.8) is 0 Å². The Balaban J connectivity index is 0.00000162. The molecule has 0 atom stereocenters. The fraction of sp³-hybridized carbons (Fsp3) is 0.250. The van der Waals surface area contributed by atoms with Crippen molar-refractivity contribution in [3.8, 4) is 5.75 Å². The van der Waals surface area contributed by atoms with Gasteiger partial charge in [-0.25, -0.2) is 0 Å². The van der Waals surface area contributed by atoms with Crippen LogP contribution in [0.4, 0.5) is 0 Å². The second kappa shape index (κ2) is 7.06. The summed E-state index contributed by atoms with van der Waals surface area (Å²) >= 11 is 0. The molecule has 0 saturated heterocycles. The van der Waals surface area contributed by atoms with Crippen molar-refractivity contribution in [3.05, 3.63) is 64.7 Å². The van der Waals surface area contributed by atoms with E-state index in [1.165, 1.54) is 22.3 Å². The third-order valence-electron chi connectivity index (χ3n) is 2.91. The van der Waals surface area contributed by atoms with Gasteiger partial charge in [0, 0.05) is 38.5 Å². The van der Waals surface area contributed by atoms with E-state index in [2.05, 4.69) is 57.2 Å². The summed E-state index contributed by atoms with van der Waals surface area (Å²) in [5.41, 5.74) is 4.85. The minimum atomic E-state index is 0. The monoisotopic (exact) mass is 314 g/mol. The van der Waals surface area contributed by atoms with Gasteiger partial charge in [-0.05, 0) is 12.5 Å². The van der Waals surface area contributed by atoms with Crippen LogP contribution in [0, 0.1) is 26.8 Å². The Morgan fingerprint density at radius 1 is 1.06 bits per heavy atom. The van der Waals surface area contributed by atoms with Gasteiger partial charge in [0.15, 0.2) is 0 Å². The van der Waals surface area contributed by atoms with Crippen LogP contribution in [0.2, 0.25) is 0 Å². The first-order valence-electron chi connectivity index (χ1n) is 5.82. The van der Waals surface area contributed by atoms with Crippen LogP contribution in [0.1, 0.15) is 22.3 Å². The minimum Gasteiger partial charge on any atom is -0.547 e.